The molecule has 0 bridgehead atoms. The van der Waals surface area contributed by atoms with Gasteiger partial charge >= 0.3 is 0 Å². The molecule has 170 valence electrons. The van der Waals surface area contributed by atoms with Crippen LogP contribution in [0.2, 0.25) is 0 Å². The molecule has 7 heteroatoms. The van der Waals surface area contributed by atoms with Crippen molar-refractivity contribution in [2.45, 2.75) is 37.3 Å². The lowest BCUT2D eigenvalue weighted by Crippen LogP contribution is -2.35. The van der Waals surface area contributed by atoms with Crippen LogP contribution in [0.3, 0.4) is 0 Å². The van der Waals surface area contributed by atoms with Crippen LogP contribution in [0.5, 0.6) is 0 Å². The molecule has 0 fully saturated rings. The van der Waals surface area contributed by atoms with Gasteiger partial charge in [-0.05, 0) is 53.8 Å². The Morgan fingerprint density at radius 2 is 1.79 bits per heavy atom. The van der Waals surface area contributed by atoms with Crippen LogP contribution in [0.25, 0.3) is 10.9 Å². The van der Waals surface area contributed by atoms with Crippen molar-refractivity contribution < 1.29 is 13.6 Å². The third-order valence-corrected chi connectivity index (χ3v) is 6.96. The highest BCUT2D eigenvalue weighted by Crippen LogP contribution is 2.47. The van der Waals surface area contributed by atoms with Crippen LogP contribution in [-0.4, -0.2) is 22.3 Å². The fourth-order valence-corrected chi connectivity index (χ4v) is 5.26. The average Bonchev–Trinajstić information content (AvgIpc) is 3.35. The Kier molecular flexibility index (Phi) is 4.88. The number of hydrogen-bond acceptors (Lipinski definition) is 4. The van der Waals surface area contributed by atoms with Gasteiger partial charge in [0.2, 0.25) is 5.91 Å². The Hall–Kier alpha value is -3.71. The molecule has 0 saturated carbocycles. The molecule has 1 aliphatic carbocycles. The summed E-state index contributed by atoms with van der Waals surface area (Å²) >= 11 is 0. The zero-order chi connectivity index (χ0) is 23.3. The van der Waals surface area contributed by atoms with E-state index in [4.69, 9.17) is 4.98 Å². The summed E-state index contributed by atoms with van der Waals surface area (Å²) in [6.07, 6.45) is 0.371. The molecule has 2 unspecified atom stereocenters. The molecular formula is C27H22F2N4O. The molecule has 4 aromatic rings. The van der Waals surface area contributed by atoms with E-state index in [-0.39, 0.29) is 12.5 Å². The van der Waals surface area contributed by atoms with Gasteiger partial charge in [0, 0.05) is 23.7 Å². The summed E-state index contributed by atoms with van der Waals surface area (Å²) in [5.74, 6) is 0.626. The monoisotopic (exact) mass is 456 g/mol. The number of rotatable bonds is 5. The zero-order valence-electron chi connectivity index (χ0n) is 18.3. The number of nitrogens with zero attached hydrogens (tertiary/aromatic N) is 2. The van der Waals surface area contributed by atoms with Crippen molar-refractivity contribution in [2.24, 2.45) is 0 Å². The lowest BCUT2D eigenvalue weighted by Gasteiger charge is -2.20. The van der Waals surface area contributed by atoms with Gasteiger partial charge < -0.3 is 5.32 Å². The molecule has 0 radical (unpaired) electrons. The maximum Gasteiger partial charge on any atom is 0.257 e. The molecular weight excluding hydrogens is 434 g/mol. The summed E-state index contributed by atoms with van der Waals surface area (Å²) in [7, 11) is 0. The first-order valence-electron chi connectivity index (χ1n) is 11.3. The fourth-order valence-electron chi connectivity index (χ4n) is 5.26. The molecule has 2 aromatic heterocycles. The summed E-state index contributed by atoms with van der Waals surface area (Å²) in [4.78, 5) is 22.0. The number of anilines is 1. The van der Waals surface area contributed by atoms with E-state index >= 15 is 0 Å². The maximum absolute atomic E-state index is 13.7. The number of amides is 1. The topological polar surface area (TPSA) is 66.9 Å². The van der Waals surface area contributed by atoms with E-state index in [1.165, 1.54) is 0 Å². The van der Waals surface area contributed by atoms with Gasteiger partial charge in [0.1, 0.15) is 5.82 Å². The van der Waals surface area contributed by atoms with Crippen LogP contribution < -0.4 is 10.6 Å². The Bertz CT molecular complexity index is 1410. The van der Waals surface area contributed by atoms with Gasteiger partial charge in [-0.2, -0.15) is 0 Å². The second kappa shape index (κ2) is 7.95. The molecule has 2 atom stereocenters. The van der Waals surface area contributed by atoms with Gasteiger partial charge in [-0.3, -0.25) is 15.1 Å². The predicted octanol–water partition coefficient (Wildman–Crippen LogP) is 4.71. The third kappa shape index (κ3) is 3.35. The molecule has 2 aromatic carbocycles. The Balaban J connectivity index is 1.27. The number of benzene rings is 2. The predicted molar refractivity (Wildman–Crippen MR) is 126 cm³/mol. The smallest absolute Gasteiger partial charge is 0.257 e. The molecule has 0 saturated heterocycles. The average molecular weight is 456 g/mol. The highest BCUT2D eigenvalue weighted by molar-refractivity contribution is 6.06. The lowest BCUT2D eigenvalue weighted by molar-refractivity contribution is -0.120. The minimum absolute atomic E-state index is 0.0155. The number of fused-ring (bicyclic) bond motifs is 4. The quantitative estimate of drug-likeness (QED) is 0.456. The van der Waals surface area contributed by atoms with Crippen LogP contribution in [0, 0.1) is 0 Å². The SMILES string of the molecule is O=C1Nc2ncccc2C12Cc1cc3ccc(CNC(c4ccccc4)C(F)F)nc3cc1C2. The molecule has 1 amide bonds. The standard InChI is InChI=1S/C27H22F2N4O/c28-24(29)23(16-5-2-1-3-6-16)31-15-20-9-8-17-11-18-13-27(14-19(18)12-22(17)32-20)21-7-4-10-30-25(21)33-26(27)34/h1-12,23-24,31H,13-15H2,(H,30,33,34). The van der Waals surface area contributed by atoms with Crippen molar-refractivity contribution in [3.63, 3.8) is 0 Å². The van der Waals surface area contributed by atoms with Gasteiger partial charge in [-0.1, -0.05) is 42.5 Å². The molecule has 1 aliphatic heterocycles. The molecule has 6 rings (SSSR count). The normalized spacial score (nSPS) is 19.4. The molecule has 5 nitrogen and oxygen atoms in total. The van der Waals surface area contributed by atoms with Crippen LogP contribution in [0.15, 0.2) is 72.9 Å². The van der Waals surface area contributed by atoms with E-state index in [2.05, 4.69) is 21.7 Å². The van der Waals surface area contributed by atoms with Crippen molar-refractivity contribution in [1.29, 1.82) is 0 Å². The fraction of sp³-hybridized carbons (Fsp3) is 0.222. The zero-order valence-corrected chi connectivity index (χ0v) is 18.3. The van der Waals surface area contributed by atoms with E-state index in [0.717, 1.165) is 27.6 Å². The first-order valence-corrected chi connectivity index (χ1v) is 11.3. The van der Waals surface area contributed by atoms with Crippen LogP contribution in [0.4, 0.5) is 14.6 Å². The summed E-state index contributed by atoms with van der Waals surface area (Å²) in [5, 5.41) is 6.85. The molecule has 3 heterocycles. The summed E-state index contributed by atoms with van der Waals surface area (Å²) in [5.41, 5.74) is 4.57. The number of nitrogens with one attached hydrogen (secondary N) is 2. The number of halogens is 2. The van der Waals surface area contributed by atoms with Gasteiger partial charge in [0.05, 0.1) is 22.7 Å². The second-order valence-electron chi connectivity index (χ2n) is 9.01. The van der Waals surface area contributed by atoms with Crippen LogP contribution in [0.1, 0.15) is 34.0 Å². The summed E-state index contributed by atoms with van der Waals surface area (Å²) in [6.45, 7) is 0.225. The number of pyridine rings is 2. The van der Waals surface area contributed by atoms with Crippen molar-refractivity contribution >= 4 is 22.6 Å². The van der Waals surface area contributed by atoms with E-state index in [9.17, 15) is 13.6 Å². The van der Waals surface area contributed by atoms with E-state index in [1.54, 1.807) is 30.5 Å². The lowest BCUT2D eigenvalue weighted by atomic mass is 9.79. The summed E-state index contributed by atoms with van der Waals surface area (Å²) < 4.78 is 27.3. The first kappa shape index (κ1) is 20.9. The number of hydrogen-bond donors (Lipinski definition) is 2. The van der Waals surface area contributed by atoms with Crippen molar-refractivity contribution in [3.8, 4) is 0 Å². The maximum atomic E-state index is 13.7. The highest BCUT2D eigenvalue weighted by Gasteiger charge is 2.51. The number of carbonyl (C=O) groups excluding carboxylic acids is 1. The minimum Gasteiger partial charge on any atom is -0.310 e. The largest absolute Gasteiger partial charge is 0.310 e. The third-order valence-electron chi connectivity index (χ3n) is 6.96. The number of aromatic nitrogens is 2. The Labute approximate surface area is 195 Å². The van der Waals surface area contributed by atoms with Gasteiger partial charge in [-0.25, -0.2) is 13.8 Å². The van der Waals surface area contributed by atoms with Gasteiger partial charge in [0.25, 0.3) is 6.43 Å². The number of carbonyl (C=O) groups is 1. The number of alkyl halides is 2. The van der Waals surface area contributed by atoms with Crippen molar-refractivity contribution in [3.05, 3.63) is 101 Å². The van der Waals surface area contributed by atoms with Gasteiger partial charge in [-0.15, -0.1) is 0 Å². The molecule has 2 aliphatic rings. The van der Waals surface area contributed by atoms with Crippen LogP contribution in [-0.2, 0) is 29.6 Å². The van der Waals surface area contributed by atoms with E-state index in [1.807, 2.05) is 36.4 Å². The van der Waals surface area contributed by atoms with E-state index < -0.39 is 17.9 Å². The van der Waals surface area contributed by atoms with Crippen molar-refractivity contribution in [2.75, 3.05) is 5.32 Å². The summed E-state index contributed by atoms with van der Waals surface area (Å²) in [6, 6.07) is 19.5. The molecule has 2 N–H and O–H groups in total. The van der Waals surface area contributed by atoms with E-state index in [0.29, 0.717) is 29.9 Å². The van der Waals surface area contributed by atoms with Crippen molar-refractivity contribution in [1.82, 2.24) is 15.3 Å². The first-order chi connectivity index (χ1) is 16.5. The second-order valence-corrected chi connectivity index (χ2v) is 9.01. The van der Waals surface area contributed by atoms with Gasteiger partial charge in [0.15, 0.2) is 0 Å². The Morgan fingerprint density at radius 3 is 2.59 bits per heavy atom. The molecule has 1 spiro atoms. The Morgan fingerprint density at radius 1 is 1.00 bits per heavy atom. The molecule has 34 heavy (non-hydrogen) atoms. The minimum atomic E-state index is -2.53. The van der Waals surface area contributed by atoms with Crippen LogP contribution >= 0.6 is 0 Å². The highest BCUT2D eigenvalue weighted by atomic mass is 19.3.